The Bertz CT molecular complexity index is 695. The van der Waals surface area contributed by atoms with Crippen molar-refractivity contribution in [2.45, 2.75) is 302 Å². The van der Waals surface area contributed by atoms with Gasteiger partial charge >= 0.3 is 0 Å². The van der Waals surface area contributed by atoms with Gasteiger partial charge in [0, 0.05) is 0 Å². The predicted molar refractivity (Wildman–Crippen MR) is 237 cm³/mol. The summed E-state index contributed by atoms with van der Waals surface area (Å²) in [7, 11) is 0. The molecule has 0 aromatic rings. The van der Waals surface area contributed by atoms with Crippen molar-refractivity contribution in [3.63, 3.8) is 0 Å². The molecule has 1 saturated heterocycles. The van der Waals surface area contributed by atoms with Crippen LogP contribution in [0.2, 0.25) is 0 Å². The van der Waals surface area contributed by atoms with Crippen molar-refractivity contribution in [1.29, 1.82) is 0 Å². The van der Waals surface area contributed by atoms with Crippen LogP contribution in [0.4, 0.5) is 0 Å². The molecule has 2 unspecified atom stereocenters. The zero-order valence-electron chi connectivity index (χ0n) is 36.1. The summed E-state index contributed by atoms with van der Waals surface area (Å²) in [5, 5.41) is 0. The summed E-state index contributed by atoms with van der Waals surface area (Å²) in [6.07, 6.45) is 71.1. The quantitative estimate of drug-likeness (QED) is 0.0346. The lowest BCUT2D eigenvalue weighted by atomic mass is 10.0. The molecule has 0 saturated carbocycles. The van der Waals surface area contributed by atoms with Gasteiger partial charge in [0.15, 0.2) is 0 Å². The van der Waals surface area contributed by atoms with Gasteiger partial charge in [-0.15, -0.1) is 0 Å². The molecule has 0 aromatic heterocycles. The van der Waals surface area contributed by atoms with Gasteiger partial charge in [0.1, 0.15) is 0 Å². The molecular weight excluding hydrogens is 629 g/mol. The van der Waals surface area contributed by atoms with Crippen LogP contribution in [-0.2, 0) is 4.74 Å². The van der Waals surface area contributed by atoms with E-state index in [1.165, 1.54) is 283 Å². The Hall–Kier alpha value is -0.560. The topological polar surface area (TPSA) is 12.5 Å². The molecule has 1 heteroatoms. The minimum atomic E-state index is 0.625. The van der Waals surface area contributed by atoms with E-state index in [2.05, 4.69) is 25.7 Å². The number of hydrogen-bond acceptors (Lipinski definition) is 1. The van der Waals surface area contributed by atoms with Crippen LogP contribution in [-0.4, -0.2) is 12.2 Å². The summed E-state index contributed by atoms with van der Waals surface area (Å²) < 4.78 is 6.01. The summed E-state index contributed by atoms with van der Waals surface area (Å²) in [5.74, 6) is 0. The average Bonchev–Trinajstić information content (AvgIpc) is 3.91. The summed E-state index contributed by atoms with van der Waals surface area (Å²) in [4.78, 5) is 0. The van der Waals surface area contributed by atoms with Crippen molar-refractivity contribution >= 4 is 0 Å². The lowest BCUT2D eigenvalue weighted by Gasteiger charge is -2.04. The second-order valence-electron chi connectivity index (χ2n) is 17.4. The fraction of sp³-hybridized carbons (Fsp3) is 0.922. The van der Waals surface area contributed by atoms with E-state index in [4.69, 9.17) is 4.74 Å². The van der Waals surface area contributed by atoms with Gasteiger partial charge in [-0.3, -0.25) is 0 Å². The molecule has 0 aliphatic carbocycles. The van der Waals surface area contributed by atoms with Crippen molar-refractivity contribution in [2.75, 3.05) is 0 Å². The molecule has 0 radical (unpaired) electrons. The molecule has 1 fully saturated rings. The van der Waals surface area contributed by atoms with E-state index in [0.717, 1.165) is 0 Å². The van der Waals surface area contributed by atoms with Gasteiger partial charge in [-0.2, -0.15) is 0 Å². The number of hydrogen-bond donors (Lipinski definition) is 0. The lowest BCUT2D eigenvalue weighted by Crippen LogP contribution is -1.95. The third-order valence-corrected chi connectivity index (χ3v) is 12.2. The minimum Gasteiger partial charge on any atom is -0.370 e. The van der Waals surface area contributed by atoms with Gasteiger partial charge in [0.05, 0.1) is 12.2 Å². The van der Waals surface area contributed by atoms with Crippen LogP contribution in [0.1, 0.15) is 289 Å². The SMILES string of the molecule is C=CC=CCCCCCCCCCCCCCCCCCCCCC1OC1CCCCCCCCCCCCCCCCCCCCCCCCC. The summed E-state index contributed by atoms with van der Waals surface area (Å²) in [6.45, 7) is 6.04. The van der Waals surface area contributed by atoms with Crippen molar-refractivity contribution in [2.24, 2.45) is 0 Å². The maximum atomic E-state index is 6.01. The van der Waals surface area contributed by atoms with Crippen molar-refractivity contribution in [3.05, 3.63) is 24.8 Å². The number of ether oxygens (including phenoxy) is 1. The molecule has 52 heavy (non-hydrogen) atoms. The molecule has 0 bridgehead atoms. The van der Waals surface area contributed by atoms with Crippen LogP contribution >= 0.6 is 0 Å². The fourth-order valence-electron chi connectivity index (χ4n) is 8.45. The molecule has 1 heterocycles. The largest absolute Gasteiger partial charge is 0.370 e. The smallest absolute Gasteiger partial charge is 0.0841 e. The highest BCUT2D eigenvalue weighted by Gasteiger charge is 2.36. The van der Waals surface area contributed by atoms with Crippen LogP contribution in [0.15, 0.2) is 24.8 Å². The first kappa shape index (κ1) is 49.5. The number of unbranched alkanes of at least 4 members (excludes halogenated alkanes) is 40. The monoisotopic (exact) mass is 727 g/mol. The molecule has 1 aliphatic rings. The van der Waals surface area contributed by atoms with E-state index in [1.54, 1.807) is 0 Å². The van der Waals surface area contributed by atoms with E-state index < -0.39 is 0 Å². The number of epoxide rings is 1. The van der Waals surface area contributed by atoms with Crippen molar-refractivity contribution < 1.29 is 4.74 Å². The Balaban J connectivity index is 1.65. The lowest BCUT2D eigenvalue weighted by molar-refractivity contribution is 0.347. The third-order valence-electron chi connectivity index (χ3n) is 12.2. The van der Waals surface area contributed by atoms with Crippen LogP contribution in [0.3, 0.4) is 0 Å². The third kappa shape index (κ3) is 39.1. The van der Waals surface area contributed by atoms with Gasteiger partial charge in [0.25, 0.3) is 0 Å². The Labute approximate surface area is 330 Å². The van der Waals surface area contributed by atoms with Crippen LogP contribution in [0.5, 0.6) is 0 Å². The summed E-state index contributed by atoms with van der Waals surface area (Å²) >= 11 is 0. The van der Waals surface area contributed by atoms with E-state index in [1.807, 2.05) is 6.08 Å². The summed E-state index contributed by atoms with van der Waals surface area (Å²) in [5.41, 5.74) is 0. The Kier molecular flexibility index (Phi) is 41.1. The highest BCUT2D eigenvalue weighted by Crippen LogP contribution is 2.32. The Morgan fingerprint density at radius 2 is 0.558 bits per heavy atom. The maximum Gasteiger partial charge on any atom is 0.0841 e. The average molecular weight is 727 g/mol. The molecule has 0 N–H and O–H groups in total. The minimum absolute atomic E-state index is 0.625. The number of allylic oxidation sites excluding steroid dienone is 3. The van der Waals surface area contributed by atoms with Crippen molar-refractivity contribution in [3.8, 4) is 0 Å². The van der Waals surface area contributed by atoms with Gasteiger partial charge in [-0.05, 0) is 25.7 Å². The van der Waals surface area contributed by atoms with Crippen LogP contribution in [0.25, 0.3) is 0 Å². The standard InChI is InChI=1S/C51H98O/c1-3-5-7-9-11-13-15-17-19-21-23-25-27-29-31-33-35-37-39-41-43-45-47-49-51-50(52-51)48-46-44-42-40-38-36-34-32-30-28-26-24-22-20-18-16-14-12-10-8-6-4-2/h4,6,8,50-51H,2-3,5,7,9-49H2,1H3. The fourth-order valence-corrected chi connectivity index (χ4v) is 8.45. The highest BCUT2D eigenvalue weighted by molar-refractivity contribution is 4.96. The van der Waals surface area contributed by atoms with Gasteiger partial charge < -0.3 is 4.74 Å². The second kappa shape index (κ2) is 43.2. The molecule has 308 valence electrons. The van der Waals surface area contributed by atoms with Gasteiger partial charge in [0.2, 0.25) is 0 Å². The Morgan fingerprint density at radius 3 is 0.808 bits per heavy atom. The molecule has 2 atom stereocenters. The van der Waals surface area contributed by atoms with Crippen LogP contribution < -0.4 is 0 Å². The van der Waals surface area contributed by atoms with Crippen LogP contribution in [0, 0.1) is 0 Å². The maximum absolute atomic E-state index is 6.01. The highest BCUT2D eigenvalue weighted by atomic mass is 16.6. The van der Waals surface area contributed by atoms with Gasteiger partial charge in [-0.1, -0.05) is 289 Å². The normalized spacial score (nSPS) is 15.6. The molecule has 0 spiro atoms. The van der Waals surface area contributed by atoms with Crippen molar-refractivity contribution in [1.82, 2.24) is 0 Å². The molecule has 1 nitrogen and oxygen atoms in total. The second-order valence-corrected chi connectivity index (χ2v) is 17.4. The molecule has 0 amide bonds. The zero-order valence-corrected chi connectivity index (χ0v) is 36.1. The molecule has 1 aliphatic heterocycles. The van der Waals surface area contributed by atoms with E-state index in [-0.39, 0.29) is 0 Å². The Morgan fingerprint density at radius 1 is 0.327 bits per heavy atom. The molecular formula is C51H98O. The molecule has 0 aromatic carbocycles. The first-order valence-corrected chi connectivity index (χ1v) is 24.8. The predicted octanol–water partition coefficient (Wildman–Crippen LogP) is 18.7. The first-order valence-electron chi connectivity index (χ1n) is 24.8. The molecule has 1 rings (SSSR count). The van der Waals surface area contributed by atoms with E-state index >= 15 is 0 Å². The zero-order chi connectivity index (χ0) is 37.1. The van der Waals surface area contributed by atoms with Gasteiger partial charge in [-0.25, -0.2) is 0 Å². The summed E-state index contributed by atoms with van der Waals surface area (Å²) in [6, 6.07) is 0. The number of rotatable bonds is 46. The first-order chi connectivity index (χ1) is 25.9. The van der Waals surface area contributed by atoms with E-state index in [9.17, 15) is 0 Å². The van der Waals surface area contributed by atoms with E-state index in [0.29, 0.717) is 12.2 Å².